The van der Waals surface area contributed by atoms with Crippen LogP contribution in [0.1, 0.15) is 30.9 Å². The second-order valence-corrected chi connectivity index (χ2v) is 8.97. The lowest BCUT2D eigenvalue weighted by Gasteiger charge is -2.11. The maximum atomic E-state index is 11.8. The topological polar surface area (TPSA) is 147 Å². The second-order valence-electron chi connectivity index (χ2n) is 8.97. The lowest BCUT2D eigenvalue weighted by molar-refractivity contribution is -0.129. The molecular formula is C24H22N4O5. The van der Waals surface area contributed by atoms with Gasteiger partial charge < -0.3 is 11.1 Å². The molecule has 2 saturated carbocycles. The molecule has 4 atom stereocenters. The van der Waals surface area contributed by atoms with Gasteiger partial charge in [-0.2, -0.15) is 0 Å². The normalized spacial score (nSPS) is 30.3. The highest BCUT2D eigenvalue weighted by molar-refractivity contribution is 6.15. The molecule has 6 rings (SSSR count). The van der Waals surface area contributed by atoms with Crippen molar-refractivity contribution in [2.24, 2.45) is 11.8 Å². The molecule has 0 spiro atoms. The van der Waals surface area contributed by atoms with Crippen LogP contribution in [0.3, 0.4) is 0 Å². The van der Waals surface area contributed by atoms with Crippen LogP contribution in [0.4, 0.5) is 11.4 Å². The summed E-state index contributed by atoms with van der Waals surface area (Å²) in [7, 11) is 0. The van der Waals surface area contributed by atoms with E-state index in [0.717, 1.165) is 11.1 Å². The Morgan fingerprint density at radius 3 is 1.58 bits per heavy atom. The van der Waals surface area contributed by atoms with Crippen molar-refractivity contribution in [1.82, 2.24) is 10.6 Å². The van der Waals surface area contributed by atoms with Crippen LogP contribution < -0.4 is 21.7 Å². The van der Waals surface area contributed by atoms with E-state index in [4.69, 9.17) is 5.73 Å². The minimum absolute atomic E-state index is 0.140. The maximum absolute atomic E-state index is 11.8. The van der Waals surface area contributed by atoms with Crippen LogP contribution >= 0.6 is 0 Å². The molecule has 2 aliphatic heterocycles. The van der Waals surface area contributed by atoms with Crippen molar-refractivity contribution in [3.63, 3.8) is 0 Å². The zero-order chi connectivity index (χ0) is 23.5. The monoisotopic (exact) mass is 446 g/mol. The number of fused-ring (bicyclic) bond motifs is 2. The summed E-state index contributed by atoms with van der Waals surface area (Å²) in [6.07, 6.45) is 1.23. The fraction of sp³-hybridized carbons (Fsp3) is 0.292. The lowest BCUT2D eigenvalue weighted by Crippen LogP contribution is -2.30. The van der Waals surface area contributed by atoms with Crippen LogP contribution in [0.25, 0.3) is 0 Å². The number of imide groups is 2. The van der Waals surface area contributed by atoms with Crippen LogP contribution in [0, 0.1) is 11.8 Å². The molecule has 2 aromatic carbocycles. The number of anilines is 2. The van der Waals surface area contributed by atoms with Gasteiger partial charge in [-0.1, -0.05) is 24.3 Å². The number of carbonyl (C=O) groups is 5. The van der Waals surface area contributed by atoms with Crippen molar-refractivity contribution in [3.8, 4) is 0 Å². The van der Waals surface area contributed by atoms with Gasteiger partial charge in [-0.15, -0.1) is 0 Å². The first kappa shape index (κ1) is 20.9. The summed E-state index contributed by atoms with van der Waals surface area (Å²) in [5.74, 6) is -1.20. The van der Waals surface area contributed by atoms with Crippen LogP contribution in [-0.4, -0.2) is 29.5 Å². The molecule has 2 aromatic rings. The van der Waals surface area contributed by atoms with Gasteiger partial charge in [0.05, 0.1) is 22.7 Å². The van der Waals surface area contributed by atoms with E-state index in [9.17, 15) is 24.0 Å². The third-order valence-electron chi connectivity index (χ3n) is 6.98. The molecule has 5 amide bonds. The molecule has 9 nitrogen and oxygen atoms in total. The molecule has 33 heavy (non-hydrogen) atoms. The highest BCUT2D eigenvalue weighted by Gasteiger charge is 2.70. The van der Waals surface area contributed by atoms with Crippen LogP contribution in [0.5, 0.6) is 0 Å². The molecule has 9 heteroatoms. The van der Waals surface area contributed by atoms with E-state index < -0.39 is 10.8 Å². The number of nitrogens with two attached hydrogens (primary N) is 1. The molecular weight excluding hydrogens is 424 g/mol. The Morgan fingerprint density at radius 1 is 0.818 bits per heavy atom. The molecule has 4 fully saturated rings. The minimum Gasteiger partial charge on any atom is -0.399 e. The van der Waals surface area contributed by atoms with Crippen molar-refractivity contribution in [2.45, 2.75) is 30.6 Å². The quantitative estimate of drug-likeness (QED) is 0.404. The fourth-order valence-corrected chi connectivity index (χ4v) is 5.02. The molecule has 4 unspecified atom stereocenters. The molecule has 2 aliphatic carbocycles. The number of carbonyl (C=O) groups excluding carboxylic acids is 5. The first-order valence-corrected chi connectivity index (χ1v) is 10.6. The molecule has 0 aromatic heterocycles. The summed E-state index contributed by atoms with van der Waals surface area (Å²) in [6, 6.07) is 14.3. The molecule has 168 valence electrons. The van der Waals surface area contributed by atoms with Crippen molar-refractivity contribution in [3.05, 3.63) is 59.7 Å². The van der Waals surface area contributed by atoms with Gasteiger partial charge in [0.15, 0.2) is 0 Å². The Bertz CT molecular complexity index is 1220. The predicted octanol–water partition coefficient (Wildman–Crippen LogP) is 0.742. The van der Waals surface area contributed by atoms with E-state index in [-0.39, 0.29) is 41.4 Å². The predicted molar refractivity (Wildman–Crippen MR) is 117 cm³/mol. The third-order valence-corrected chi connectivity index (χ3v) is 6.98. The Balaban J connectivity index is 0.000000140. The van der Waals surface area contributed by atoms with Crippen molar-refractivity contribution < 1.29 is 24.0 Å². The van der Waals surface area contributed by atoms with Gasteiger partial charge in [0, 0.05) is 18.3 Å². The number of rotatable bonds is 3. The molecule has 0 bridgehead atoms. The smallest absolute Gasteiger partial charge is 0.238 e. The van der Waals surface area contributed by atoms with E-state index >= 15 is 0 Å². The number of hydrogen-bond donors (Lipinski definition) is 4. The zero-order valence-corrected chi connectivity index (χ0v) is 17.8. The average Bonchev–Trinajstić information content (AvgIpc) is 3.65. The first-order valence-electron chi connectivity index (χ1n) is 10.6. The lowest BCUT2D eigenvalue weighted by atomic mass is 9.94. The SMILES string of the molecule is CC(=O)Nc1ccc(C23CC2C(=O)NC3=O)cc1.Nc1ccc(C23CC2C(=O)NC3=O)cc1. The Morgan fingerprint density at radius 2 is 1.24 bits per heavy atom. The highest BCUT2D eigenvalue weighted by atomic mass is 16.2. The van der Waals surface area contributed by atoms with E-state index in [1.54, 1.807) is 36.4 Å². The molecule has 2 heterocycles. The number of amides is 5. The van der Waals surface area contributed by atoms with Gasteiger partial charge in [0.1, 0.15) is 0 Å². The summed E-state index contributed by atoms with van der Waals surface area (Å²) in [5.41, 5.74) is 7.43. The minimum atomic E-state index is -0.647. The van der Waals surface area contributed by atoms with E-state index in [2.05, 4.69) is 16.0 Å². The fourth-order valence-electron chi connectivity index (χ4n) is 5.02. The molecule has 4 aliphatic rings. The summed E-state index contributed by atoms with van der Waals surface area (Å²) in [5, 5.41) is 7.38. The van der Waals surface area contributed by atoms with Gasteiger partial charge in [-0.25, -0.2) is 0 Å². The number of nitrogen functional groups attached to an aromatic ring is 1. The largest absolute Gasteiger partial charge is 0.399 e. The Hall–Kier alpha value is -4.01. The average molecular weight is 446 g/mol. The zero-order valence-electron chi connectivity index (χ0n) is 17.8. The Labute approximate surface area is 189 Å². The summed E-state index contributed by atoms with van der Waals surface area (Å²) in [4.78, 5) is 57.1. The van der Waals surface area contributed by atoms with Crippen molar-refractivity contribution in [1.29, 1.82) is 0 Å². The van der Waals surface area contributed by atoms with Crippen molar-refractivity contribution in [2.75, 3.05) is 11.1 Å². The van der Waals surface area contributed by atoms with Gasteiger partial charge in [0.2, 0.25) is 29.5 Å². The van der Waals surface area contributed by atoms with Crippen molar-refractivity contribution >= 4 is 40.9 Å². The second kappa shape index (κ2) is 6.99. The number of nitrogens with one attached hydrogen (secondary N) is 3. The summed E-state index contributed by atoms with van der Waals surface area (Å²) in [6.45, 7) is 1.44. The third kappa shape index (κ3) is 3.11. The Kier molecular flexibility index (Phi) is 4.42. The maximum Gasteiger partial charge on any atom is 0.238 e. The highest BCUT2D eigenvalue weighted by Crippen LogP contribution is 2.58. The summed E-state index contributed by atoms with van der Waals surface area (Å²) >= 11 is 0. The summed E-state index contributed by atoms with van der Waals surface area (Å²) < 4.78 is 0. The van der Waals surface area contributed by atoms with E-state index in [0.29, 0.717) is 24.2 Å². The standard InChI is InChI=1S/C13H12N2O3.C11H10N2O2/c1-7(16)14-9-4-2-8(3-5-9)13-6-10(13)11(17)15-12(13)18;12-7-3-1-6(2-4-7)11-5-8(11)9(14)13-10(11)15/h2-5,10H,6H2,1H3,(H,14,16)(H,15,17,18);1-4,8H,5,12H2,(H,13,14,15). The number of hydrogen-bond acceptors (Lipinski definition) is 6. The van der Waals surface area contributed by atoms with Crippen LogP contribution in [0.2, 0.25) is 0 Å². The molecule has 0 radical (unpaired) electrons. The van der Waals surface area contributed by atoms with E-state index in [1.165, 1.54) is 6.92 Å². The van der Waals surface area contributed by atoms with Gasteiger partial charge >= 0.3 is 0 Å². The molecule has 5 N–H and O–H groups in total. The van der Waals surface area contributed by atoms with E-state index in [1.807, 2.05) is 12.1 Å². The van der Waals surface area contributed by atoms with Gasteiger partial charge in [-0.05, 0) is 48.2 Å². The van der Waals surface area contributed by atoms with Crippen LogP contribution in [0.15, 0.2) is 48.5 Å². The number of piperidine rings is 2. The van der Waals surface area contributed by atoms with Gasteiger partial charge in [0.25, 0.3) is 0 Å². The van der Waals surface area contributed by atoms with Gasteiger partial charge in [-0.3, -0.25) is 34.6 Å². The van der Waals surface area contributed by atoms with Crippen LogP contribution in [-0.2, 0) is 34.8 Å². The molecule has 2 saturated heterocycles. The number of benzene rings is 2. The first-order chi connectivity index (χ1) is 15.7.